The van der Waals surface area contributed by atoms with E-state index in [0.29, 0.717) is 29.2 Å². The number of aromatic nitrogens is 2. The molecule has 8 heteroatoms. The average Bonchev–Trinajstić information content (AvgIpc) is 3.33. The number of carbonyl (C=O) groups excluding carboxylic acids is 2. The van der Waals surface area contributed by atoms with E-state index in [1.165, 1.54) is 0 Å². The first-order chi connectivity index (χ1) is 14.6. The van der Waals surface area contributed by atoms with Gasteiger partial charge in [-0.05, 0) is 47.9 Å². The van der Waals surface area contributed by atoms with Crippen LogP contribution < -0.4 is 20.1 Å². The van der Waals surface area contributed by atoms with Crippen molar-refractivity contribution in [3.63, 3.8) is 0 Å². The molecule has 1 aliphatic heterocycles. The molecule has 0 radical (unpaired) electrons. The molecule has 154 valence electrons. The van der Waals surface area contributed by atoms with Gasteiger partial charge in [0.05, 0.1) is 24.9 Å². The molecule has 0 fully saturated rings. The summed E-state index contributed by atoms with van der Waals surface area (Å²) in [6, 6.07) is 10.8. The van der Waals surface area contributed by atoms with Crippen LogP contribution in [0.15, 0.2) is 48.8 Å². The van der Waals surface area contributed by atoms with E-state index >= 15 is 0 Å². The zero-order chi connectivity index (χ0) is 21.1. The van der Waals surface area contributed by atoms with Crippen LogP contribution in [-0.4, -0.2) is 42.8 Å². The molecule has 3 N–H and O–H groups in total. The van der Waals surface area contributed by atoms with E-state index < -0.39 is 0 Å². The van der Waals surface area contributed by atoms with Crippen LogP contribution in [0.4, 0.5) is 5.69 Å². The zero-order valence-corrected chi connectivity index (χ0v) is 16.7. The number of H-pyrrole nitrogens is 1. The summed E-state index contributed by atoms with van der Waals surface area (Å²) >= 11 is 0. The van der Waals surface area contributed by atoms with Gasteiger partial charge < -0.3 is 20.1 Å². The van der Waals surface area contributed by atoms with Gasteiger partial charge in [0.25, 0.3) is 5.91 Å². The highest BCUT2D eigenvalue weighted by Gasteiger charge is 2.27. The molecule has 0 saturated heterocycles. The molecule has 1 aromatic heterocycles. The van der Waals surface area contributed by atoms with Crippen molar-refractivity contribution in [1.82, 2.24) is 15.5 Å². The molecule has 2 heterocycles. The highest BCUT2D eigenvalue weighted by Crippen LogP contribution is 2.32. The largest absolute Gasteiger partial charge is 0.495 e. The number of methoxy groups -OCH3 is 1. The number of fused-ring (bicyclic) bond motifs is 1. The number of hydrogen-bond acceptors (Lipinski definition) is 5. The lowest BCUT2D eigenvalue weighted by molar-refractivity contribution is -0.121. The quantitative estimate of drug-likeness (QED) is 0.604. The highest BCUT2D eigenvalue weighted by atomic mass is 16.5. The van der Waals surface area contributed by atoms with E-state index in [1.807, 2.05) is 12.1 Å². The smallest absolute Gasteiger partial charge is 0.251 e. The van der Waals surface area contributed by atoms with Crippen molar-refractivity contribution in [1.29, 1.82) is 0 Å². The fourth-order valence-electron chi connectivity index (χ4n) is 3.47. The molecule has 2 aromatic carbocycles. The Morgan fingerprint density at radius 3 is 2.80 bits per heavy atom. The van der Waals surface area contributed by atoms with Gasteiger partial charge in [0.15, 0.2) is 0 Å². The van der Waals surface area contributed by atoms with Gasteiger partial charge in [0.2, 0.25) is 5.91 Å². The number of hydrogen-bond donors (Lipinski definition) is 3. The van der Waals surface area contributed by atoms with E-state index in [-0.39, 0.29) is 24.3 Å². The molecule has 0 aliphatic carbocycles. The number of amides is 2. The lowest BCUT2D eigenvalue weighted by Crippen LogP contribution is -2.33. The second-order valence-corrected chi connectivity index (χ2v) is 7.00. The third kappa shape index (κ3) is 3.84. The number of rotatable bonds is 5. The normalized spacial score (nSPS) is 14.9. The van der Waals surface area contributed by atoms with Crippen LogP contribution in [0.1, 0.15) is 15.9 Å². The molecule has 0 saturated carbocycles. The summed E-state index contributed by atoms with van der Waals surface area (Å²) in [6.07, 6.45) is 4.00. The molecule has 3 aromatic rings. The van der Waals surface area contributed by atoms with Gasteiger partial charge in [-0.3, -0.25) is 14.7 Å². The maximum Gasteiger partial charge on any atom is 0.251 e. The topological polar surface area (TPSA) is 105 Å². The number of aromatic amines is 1. The molecule has 1 unspecified atom stereocenters. The van der Waals surface area contributed by atoms with E-state index in [0.717, 1.165) is 16.7 Å². The minimum Gasteiger partial charge on any atom is -0.495 e. The minimum atomic E-state index is -0.379. The maximum absolute atomic E-state index is 12.9. The Morgan fingerprint density at radius 1 is 1.20 bits per heavy atom. The predicted molar refractivity (Wildman–Crippen MR) is 112 cm³/mol. The summed E-state index contributed by atoms with van der Waals surface area (Å²) in [4.78, 5) is 24.8. The molecule has 4 rings (SSSR count). The Morgan fingerprint density at radius 2 is 2.07 bits per heavy atom. The minimum absolute atomic E-state index is 0.166. The van der Waals surface area contributed by atoms with Crippen LogP contribution >= 0.6 is 0 Å². The van der Waals surface area contributed by atoms with Gasteiger partial charge >= 0.3 is 0 Å². The van der Waals surface area contributed by atoms with E-state index in [1.54, 1.807) is 50.8 Å². The molecule has 2 amide bonds. The number of carbonyl (C=O) groups is 2. The van der Waals surface area contributed by atoms with Gasteiger partial charge in [-0.25, -0.2) is 0 Å². The Balaban J connectivity index is 1.50. The van der Waals surface area contributed by atoms with Crippen molar-refractivity contribution in [3.8, 4) is 22.6 Å². The van der Waals surface area contributed by atoms with Gasteiger partial charge in [-0.1, -0.05) is 6.07 Å². The van der Waals surface area contributed by atoms with Crippen LogP contribution in [0.5, 0.6) is 11.5 Å². The number of nitrogens with one attached hydrogen (secondary N) is 3. The summed E-state index contributed by atoms with van der Waals surface area (Å²) in [5.41, 5.74) is 3.81. The van der Waals surface area contributed by atoms with Gasteiger partial charge in [-0.15, -0.1) is 0 Å². The first kappa shape index (κ1) is 19.5. The van der Waals surface area contributed by atoms with Crippen LogP contribution in [0.25, 0.3) is 11.1 Å². The van der Waals surface area contributed by atoms with Crippen molar-refractivity contribution in [3.05, 3.63) is 59.9 Å². The SMILES string of the molecule is CNC(=O)c1ccc2c(c1)CC(C(=O)Nc1ccc(-c3cn[nH]c3)cc1OC)CO2. The fraction of sp³-hybridized carbons (Fsp3) is 0.227. The van der Waals surface area contributed by atoms with Gasteiger partial charge in [0, 0.05) is 24.4 Å². The molecular formula is C22H22N4O4. The first-order valence-electron chi connectivity index (χ1n) is 9.55. The first-order valence-corrected chi connectivity index (χ1v) is 9.55. The Bertz CT molecular complexity index is 1080. The second kappa shape index (κ2) is 8.28. The predicted octanol–water partition coefficient (Wildman–Crippen LogP) is 2.63. The number of ether oxygens (including phenoxy) is 2. The average molecular weight is 406 g/mol. The summed E-state index contributed by atoms with van der Waals surface area (Å²) in [5.74, 6) is 0.540. The lowest BCUT2D eigenvalue weighted by atomic mass is 9.94. The summed E-state index contributed by atoms with van der Waals surface area (Å²) in [5, 5.41) is 12.3. The fourth-order valence-corrected chi connectivity index (χ4v) is 3.47. The maximum atomic E-state index is 12.9. The Hall–Kier alpha value is -3.81. The van der Waals surface area contributed by atoms with Crippen LogP contribution in [-0.2, 0) is 11.2 Å². The molecule has 30 heavy (non-hydrogen) atoms. The van der Waals surface area contributed by atoms with Crippen molar-refractivity contribution in [2.24, 2.45) is 5.92 Å². The van der Waals surface area contributed by atoms with E-state index in [9.17, 15) is 9.59 Å². The summed E-state index contributed by atoms with van der Waals surface area (Å²) < 4.78 is 11.2. The zero-order valence-electron chi connectivity index (χ0n) is 16.7. The van der Waals surface area contributed by atoms with Gasteiger partial charge in [-0.2, -0.15) is 5.10 Å². The van der Waals surface area contributed by atoms with Crippen molar-refractivity contribution in [2.45, 2.75) is 6.42 Å². The monoisotopic (exact) mass is 406 g/mol. The molecule has 0 bridgehead atoms. The van der Waals surface area contributed by atoms with Crippen LogP contribution in [0, 0.1) is 5.92 Å². The molecular weight excluding hydrogens is 384 g/mol. The van der Waals surface area contributed by atoms with Crippen molar-refractivity contribution in [2.75, 3.05) is 26.1 Å². The molecule has 0 spiro atoms. The van der Waals surface area contributed by atoms with Crippen molar-refractivity contribution >= 4 is 17.5 Å². The van der Waals surface area contributed by atoms with Crippen molar-refractivity contribution < 1.29 is 19.1 Å². The van der Waals surface area contributed by atoms with E-state index in [4.69, 9.17) is 9.47 Å². The third-order valence-corrected chi connectivity index (χ3v) is 5.12. The molecule has 1 aliphatic rings. The number of anilines is 1. The lowest BCUT2D eigenvalue weighted by Gasteiger charge is -2.25. The molecule has 1 atom stereocenters. The highest BCUT2D eigenvalue weighted by molar-refractivity contribution is 5.96. The number of nitrogens with zero attached hydrogens (tertiary/aromatic N) is 1. The third-order valence-electron chi connectivity index (χ3n) is 5.12. The second-order valence-electron chi connectivity index (χ2n) is 7.00. The van der Waals surface area contributed by atoms with Crippen LogP contribution in [0.2, 0.25) is 0 Å². The summed E-state index contributed by atoms with van der Waals surface area (Å²) in [7, 11) is 3.14. The van der Waals surface area contributed by atoms with Crippen LogP contribution in [0.3, 0.4) is 0 Å². The summed E-state index contributed by atoms with van der Waals surface area (Å²) in [6.45, 7) is 0.271. The van der Waals surface area contributed by atoms with E-state index in [2.05, 4.69) is 20.8 Å². The molecule has 8 nitrogen and oxygen atoms in total. The number of benzene rings is 2. The Labute approximate surface area is 173 Å². The standard InChI is InChI=1S/C22H22N4O4/c1-23-21(27)14-4-6-19-15(7-14)8-16(12-30-19)22(28)26-18-5-3-13(9-20(18)29-2)17-10-24-25-11-17/h3-7,9-11,16H,8,12H2,1-2H3,(H,23,27)(H,24,25)(H,26,28). The van der Waals surface area contributed by atoms with Gasteiger partial charge in [0.1, 0.15) is 18.1 Å². The Kier molecular flexibility index (Phi) is 5.38.